The normalized spacial score (nSPS) is 11.1. The Morgan fingerprint density at radius 2 is 1.07 bits per heavy atom. The van der Waals surface area contributed by atoms with E-state index in [-0.39, 0.29) is 0 Å². The van der Waals surface area contributed by atoms with Crippen LogP contribution in [0.2, 0.25) is 0 Å². The van der Waals surface area contributed by atoms with Crippen molar-refractivity contribution >= 4 is 21.5 Å². The summed E-state index contributed by atoms with van der Waals surface area (Å²) in [6.07, 6.45) is 2.01. The monoisotopic (exact) mass is 368 g/mol. The Morgan fingerprint density at radius 3 is 1.50 bits per heavy atom. The number of rotatable bonds is 7. The maximum Gasteiger partial charge on any atom is 0.119 e. The molecule has 0 spiro atoms. The fourth-order valence-corrected chi connectivity index (χ4v) is 3.24. The van der Waals surface area contributed by atoms with Gasteiger partial charge in [0.15, 0.2) is 0 Å². The lowest BCUT2D eigenvalue weighted by molar-refractivity contribution is 0.318. The Hall–Kier alpha value is -3.00. The predicted octanol–water partition coefficient (Wildman–Crippen LogP) is 6.84. The molecule has 28 heavy (non-hydrogen) atoms. The first kappa shape index (κ1) is 18.4. The van der Waals surface area contributed by atoms with Crippen molar-refractivity contribution in [2.75, 3.05) is 13.2 Å². The number of benzene rings is 4. The van der Waals surface area contributed by atoms with E-state index >= 15 is 0 Å². The van der Waals surface area contributed by atoms with Gasteiger partial charge >= 0.3 is 0 Å². The van der Waals surface area contributed by atoms with Crippen molar-refractivity contribution in [2.45, 2.75) is 26.7 Å². The molecule has 0 fully saturated rings. The summed E-state index contributed by atoms with van der Waals surface area (Å²) < 4.78 is 11.5. The van der Waals surface area contributed by atoms with E-state index < -0.39 is 0 Å². The molecule has 0 aromatic heterocycles. The van der Waals surface area contributed by atoms with Gasteiger partial charge < -0.3 is 9.47 Å². The van der Waals surface area contributed by atoms with Crippen molar-refractivity contribution in [1.82, 2.24) is 0 Å². The lowest BCUT2D eigenvalue weighted by atomic mass is 9.98. The van der Waals surface area contributed by atoms with E-state index in [1.165, 1.54) is 0 Å². The molecule has 4 aromatic carbocycles. The molecule has 0 saturated carbocycles. The standard InChI is InChI=1S/C26H24O2/c1-3-13-27-25-11-9-21-15-19(5-7-23(21)17-25)20-6-8-24-18-26(28-14-4-2)12-10-22(24)16-20/h5-12,17-18H,3-4,13-14H2,1-2H3. The highest BCUT2D eigenvalue weighted by atomic mass is 16.5. The van der Waals surface area contributed by atoms with Crippen molar-refractivity contribution < 1.29 is 9.47 Å². The summed E-state index contributed by atoms with van der Waals surface area (Å²) >= 11 is 0. The second-order valence-electron chi connectivity index (χ2n) is 6.94. The van der Waals surface area contributed by atoms with E-state index in [9.17, 15) is 0 Å². The highest BCUT2D eigenvalue weighted by molar-refractivity contribution is 5.91. The van der Waals surface area contributed by atoms with Crippen LogP contribution in [-0.4, -0.2) is 13.2 Å². The first-order valence-electron chi connectivity index (χ1n) is 9.95. The lowest BCUT2D eigenvalue weighted by Crippen LogP contribution is -1.94. The minimum atomic E-state index is 0.741. The molecule has 2 heteroatoms. The average Bonchev–Trinajstić information content (AvgIpc) is 2.75. The van der Waals surface area contributed by atoms with Crippen LogP contribution in [0.3, 0.4) is 0 Å². The second kappa shape index (κ2) is 8.35. The van der Waals surface area contributed by atoms with Crippen LogP contribution in [-0.2, 0) is 0 Å². The van der Waals surface area contributed by atoms with E-state index in [4.69, 9.17) is 9.47 Å². The van der Waals surface area contributed by atoms with Crippen LogP contribution in [0.25, 0.3) is 32.7 Å². The summed E-state index contributed by atoms with van der Waals surface area (Å²) in [6.45, 7) is 5.70. The SMILES string of the molecule is CCCOc1ccc2[c]c(-c3[c]c4ccc(OCCC)cc4cc3)ccc2c1. The number of hydrogen-bond donors (Lipinski definition) is 0. The molecule has 4 rings (SSSR count). The minimum absolute atomic E-state index is 0.741. The molecular formula is C26H24O2. The van der Waals surface area contributed by atoms with Gasteiger partial charge in [-0.1, -0.05) is 50.2 Å². The summed E-state index contributed by atoms with van der Waals surface area (Å²) in [5.74, 6) is 1.82. The summed E-state index contributed by atoms with van der Waals surface area (Å²) in [7, 11) is 0. The van der Waals surface area contributed by atoms with E-state index in [2.05, 4.69) is 74.5 Å². The molecule has 140 valence electrons. The van der Waals surface area contributed by atoms with E-state index in [1.807, 2.05) is 12.1 Å². The molecule has 2 nitrogen and oxygen atoms in total. The zero-order chi connectivity index (χ0) is 19.3. The topological polar surface area (TPSA) is 18.5 Å². The molecule has 0 unspecified atom stereocenters. The Bertz CT molecular complexity index is 1010. The van der Waals surface area contributed by atoms with E-state index in [0.717, 1.165) is 70.2 Å². The molecule has 0 aliphatic carbocycles. The maximum absolute atomic E-state index is 5.73. The van der Waals surface area contributed by atoms with Crippen molar-refractivity contribution in [3.8, 4) is 22.6 Å². The molecular weight excluding hydrogens is 344 g/mol. The Morgan fingerprint density at radius 1 is 0.607 bits per heavy atom. The van der Waals surface area contributed by atoms with Gasteiger partial charge in [-0.05, 0) is 81.9 Å². The third-order valence-corrected chi connectivity index (χ3v) is 4.68. The average molecular weight is 368 g/mol. The molecule has 2 radical (unpaired) electrons. The van der Waals surface area contributed by atoms with Gasteiger partial charge in [0.1, 0.15) is 11.5 Å². The van der Waals surface area contributed by atoms with Gasteiger partial charge in [0.25, 0.3) is 0 Å². The molecule has 0 amide bonds. The van der Waals surface area contributed by atoms with Gasteiger partial charge in [-0.3, -0.25) is 0 Å². The molecule has 0 saturated heterocycles. The highest BCUT2D eigenvalue weighted by Crippen LogP contribution is 2.29. The van der Waals surface area contributed by atoms with Gasteiger partial charge in [-0.25, -0.2) is 0 Å². The summed E-state index contributed by atoms with van der Waals surface area (Å²) in [5, 5.41) is 4.43. The van der Waals surface area contributed by atoms with Crippen molar-refractivity contribution in [3.05, 3.63) is 72.8 Å². The second-order valence-corrected chi connectivity index (χ2v) is 6.94. The Labute approximate surface area is 166 Å². The maximum atomic E-state index is 5.73. The predicted molar refractivity (Wildman–Crippen MR) is 116 cm³/mol. The van der Waals surface area contributed by atoms with E-state index in [1.54, 1.807) is 0 Å². The molecule has 0 bridgehead atoms. The number of ether oxygens (including phenoxy) is 2. The number of hydrogen-bond acceptors (Lipinski definition) is 2. The summed E-state index contributed by atoms with van der Waals surface area (Å²) in [4.78, 5) is 0. The van der Waals surface area contributed by atoms with Gasteiger partial charge in [0.05, 0.1) is 13.2 Å². The summed E-state index contributed by atoms with van der Waals surface area (Å²) in [5.41, 5.74) is 2.09. The first-order chi connectivity index (χ1) is 13.8. The Kier molecular flexibility index (Phi) is 5.48. The van der Waals surface area contributed by atoms with Crippen LogP contribution >= 0.6 is 0 Å². The lowest BCUT2D eigenvalue weighted by Gasteiger charge is -2.09. The molecule has 0 aliphatic heterocycles. The zero-order valence-electron chi connectivity index (χ0n) is 16.4. The van der Waals surface area contributed by atoms with Crippen LogP contribution in [0.4, 0.5) is 0 Å². The van der Waals surface area contributed by atoms with Crippen LogP contribution in [0.5, 0.6) is 11.5 Å². The quantitative estimate of drug-likeness (QED) is 0.355. The summed E-state index contributed by atoms with van der Waals surface area (Å²) in [6, 6.07) is 27.8. The Balaban J connectivity index is 1.63. The third kappa shape index (κ3) is 3.96. The van der Waals surface area contributed by atoms with Gasteiger partial charge in [-0.15, -0.1) is 0 Å². The molecule has 4 aromatic rings. The smallest absolute Gasteiger partial charge is 0.119 e. The molecule has 0 aliphatic rings. The largest absolute Gasteiger partial charge is 0.494 e. The molecule has 0 atom stereocenters. The van der Waals surface area contributed by atoms with Gasteiger partial charge in [-0.2, -0.15) is 0 Å². The van der Waals surface area contributed by atoms with Gasteiger partial charge in [0, 0.05) is 0 Å². The first-order valence-corrected chi connectivity index (χ1v) is 9.95. The van der Waals surface area contributed by atoms with E-state index in [0.29, 0.717) is 0 Å². The fraction of sp³-hybridized carbons (Fsp3) is 0.231. The van der Waals surface area contributed by atoms with Crippen molar-refractivity contribution in [2.24, 2.45) is 0 Å². The molecule has 0 heterocycles. The van der Waals surface area contributed by atoms with Crippen molar-refractivity contribution in [1.29, 1.82) is 0 Å². The van der Waals surface area contributed by atoms with Crippen LogP contribution in [0, 0.1) is 12.1 Å². The van der Waals surface area contributed by atoms with Gasteiger partial charge in [0.2, 0.25) is 0 Å². The third-order valence-electron chi connectivity index (χ3n) is 4.68. The van der Waals surface area contributed by atoms with Crippen LogP contribution in [0.15, 0.2) is 60.7 Å². The zero-order valence-corrected chi connectivity index (χ0v) is 16.4. The molecule has 0 N–H and O–H groups in total. The van der Waals surface area contributed by atoms with Crippen LogP contribution < -0.4 is 9.47 Å². The van der Waals surface area contributed by atoms with Crippen molar-refractivity contribution in [3.63, 3.8) is 0 Å². The minimum Gasteiger partial charge on any atom is -0.494 e. The highest BCUT2D eigenvalue weighted by Gasteiger charge is 2.05. The van der Waals surface area contributed by atoms with Crippen LogP contribution in [0.1, 0.15) is 26.7 Å². The fourth-order valence-electron chi connectivity index (χ4n) is 3.24. The number of fused-ring (bicyclic) bond motifs is 2.